The number of amidine groups is 1. The minimum atomic E-state index is -4.29. The van der Waals surface area contributed by atoms with Gasteiger partial charge >= 0.3 is 10.1 Å². The highest BCUT2D eigenvalue weighted by Crippen LogP contribution is 2.32. The van der Waals surface area contributed by atoms with E-state index in [1.54, 1.807) is 13.8 Å². The third-order valence-electron chi connectivity index (χ3n) is 3.48. The van der Waals surface area contributed by atoms with Crippen LogP contribution in [-0.4, -0.2) is 26.2 Å². The molecule has 0 aromatic heterocycles. The standard InChI is InChI=1S/C15H20FN5O3S/c1-8(2)12-15(21(3)14(20-12)11(17)13(18)19)25(22,23)24-10-6-4-5-9(16)7-10/h4-8,20H,17H2,1-3H3,(H3,18,19). The van der Waals surface area contributed by atoms with Crippen molar-refractivity contribution in [3.05, 3.63) is 52.3 Å². The summed E-state index contributed by atoms with van der Waals surface area (Å²) < 4.78 is 43.8. The van der Waals surface area contributed by atoms with E-state index in [0.29, 0.717) is 5.70 Å². The summed E-state index contributed by atoms with van der Waals surface area (Å²) in [5.74, 6) is -1.23. The monoisotopic (exact) mass is 369 g/mol. The van der Waals surface area contributed by atoms with E-state index in [9.17, 15) is 12.8 Å². The van der Waals surface area contributed by atoms with Crippen LogP contribution < -0.4 is 21.0 Å². The quantitative estimate of drug-likeness (QED) is 0.345. The molecule has 1 aromatic carbocycles. The van der Waals surface area contributed by atoms with Crippen LogP contribution in [0.1, 0.15) is 13.8 Å². The van der Waals surface area contributed by atoms with Crippen LogP contribution >= 0.6 is 0 Å². The molecule has 0 aliphatic carbocycles. The Morgan fingerprint density at radius 1 is 1.36 bits per heavy atom. The lowest BCUT2D eigenvalue weighted by molar-refractivity contribution is 0.464. The summed E-state index contributed by atoms with van der Waals surface area (Å²) in [6.07, 6.45) is 0. The Bertz CT molecular complexity index is 877. The summed E-state index contributed by atoms with van der Waals surface area (Å²) in [6, 6.07) is 4.82. The topological polar surface area (TPSA) is 135 Å². The summed E-state index contributed by atoms with van der Waals surface area (Å²) in [6.45, 7) is 3.56. The number of hydrogen-bond donors (Lipinski definition) is 4. The molecule has 0 unspecified atom stereocenters. The molecule has 0 amide bonds. The molecule has 0 saturated carbocycles. The highest BCUT2D eigenvalue weighted by molar-refractivity contribution is 7.91. The Kier molecular flexibility index (Phi) is 4.93. The first kappa shape index (κ1) is 18.6. The van der Waals surface area contributed by atoms with Crippen LogP contribution in [0, 0.1) is 17.1 Å². The van der Waals surface area contributed by atoms with Crippen LogP contribution in [0.4, 0.5) is 4.39 Å². The number of nitrogens with zero attached hydrogens (tertiary/aromatic N) is 1. The predicted octanol–water partition coefficient (Wildman–Crippen LogP) is 0.958. The number of nitrogens with two attached hydrogens (primary N) is 2. The van der Waals surface area contributed by atoms with Gasteiger partial charge in [0.15, 0.2) is 5.03 Å². The molecule has 1 aliphatic heterocycles. The van der Waals surface area contributed by atoms with E-state index < -0.39 is 21.8 Å². The molecule has 1 aliphatic rings. The minimum absolute atomic E-state index is 0.100. The molecule has 0 saturated heterocycles. The molecule has 0 bridgehead atoms. The summed E-state index contributed by atoms with van der Waals surface area (Å²) >= 11 is 0. The second-order valence-electron chi connectivity index (χ2n) is 5.73. The predicted molar refractivity (Wildman–Crippen MR) is 91.8 cm³/mol. The normalized spacial score (nSPS) is 16.9. The minimum Gasteiger partial charge on any atom is -0.393 e. The molecular formula is C15H20FN5O3S. The van der Waals surface area contributed by atoms with Gasteiger partial charge < -0.3 is 25.9 Å². The van der Waals surface area contributed by atoms with Crippen molar-refractivity contribution in [1.82, 2.24) is 10.2 Å². The summed E-state index contributed by atoms with van der Waals surface area (Å²) in [5, 5.41) is 10.1. The van der Waals surface area contributed by atoms with E-state index in [1.807, 2.05) is 0 Å². The molecule has 0 atom stereocenters. The zero-order valence-corrected chi connectivity index (χ0v) is 14.8. The maximum atomic E-state index is 13.3. The van der Waals surface area contributed by atoms with E-state index in [1.165, 1.54) is 30.1 Å². The van der Waals surface area contributed by atoms with Gasteiger partial charge in [-0.2, -0.15) is 8.42 Å². The van der Waals surface area contributed by atoms with Crippen molar-refractivity contribution < 1.29 is 17.0 Å². The fourth-order valence-electron chi connectivity index (χ4n) is 2.30. The van der Waals surface area contributed by atoms with Crippen molar-refractivity contribution >= 4 is 16.0 Å². The Labute approximate surface area is 145 Å². The van der Waals surface area contributed by atoms with Gasteiger partial charge in [-0.25, -0.2) is 4.39 Å². The van der Waals surface area contributed by atoms with Gasteiger partial charge in [0, 0.05) is 13.1 Å². The molecule has 1 heterocycles. The Balaban J connectivity index is 2.50. The summed E-state index contributed by atoms with van der Waals surface area (Å²) in [4.78, 5) is 1.25. The van der Waals surface area contributed by atoms with Crippen molar-refractivity contribution in [1.29, 1.82) is 5.41 Å². The molecule has 8 nitrogen and oxygen atoms in total. The zero-order chi connectivity index (χ0) is 18.9. The SMILES string of the molecule is CC(C)C1=C(S(=O)(=O)Oc2cccc(F)c2)N(C)C(=C(N)C(=N)N)N1. The van der Waals surface area contributed by atoms with Crippen LogP contribution in [0.2, 0.25) is 0 Å². The van der Waals surface area contributed by atoms with Gasteiger partial charge in [0.25, 0.3) is 0 Å². The van der Waals surface area contributed by atoms with Crippen molar-refractivity contribution in [2.24, 2.45) is 17.4 Å². The second kappa shape index (κ2) is 6.63. The molecule has 136 valence electrons. The van der Waals surface area contributed by atoms with Gasteiger partial charge in [0.2, 0.25) is 0 Å². The van der Waals surface area contributed by atoms with E-state index in [2.05, 4.69) is 5.32 Å². The van der Waals surface area contributed by atoms with Crippen LogP contribution in [0.15, 0.2) is 46.5 Å². The molecule has 0 radical (unpaired) electrons. The lowest BCUT2D eigenvalue weighted by Gasteiger charge is -2.18. The maximum Gasteiger partial charge on any atom is 0.356 e. The van der Waals surface area contributed by atoms with Gasteiger partial charge in [-0.1, -0.05) is 19.9 Å². The average molecular weight is 369 g/mol. The first-order chi connectivity index (χ1) is 11.5. The Morgan fingerprint density at radius 3 is 2.52 bits per heavy atom. The third-order valence-corrected chi connectivity index (χ3v) is 4.86. The summed E-state index contributed by atoms with van der Waals surface area (Å²) in [5.41, 5.74) is 11.4. The van der Waals surface area contributed by atoms with E-state index in [4.69, 9.17) is 21.1 Å². The van der Waals surface area contributed by atoms with Crippen LogP contribution in [-0.2, 0) is 10.1 Å². The molecule has 0 fully saturated rings. The molecular weight excluding hydrogens is 349 g/mol. The highest BCUT2D eigenvalue weighted by Gasteiger charge is 2.38. The van der Waals surface area contributed by atoms with Crippen LogP contribution in [0.5, 0.6) is 5.75 Å². The second-order valence-corrected chi connectivity index (χ2v) is 7.19. The number of allylic oxidation sites excluding steroid dienone is 1. The summed E-state index contributed by atoms with van der Waals surface area (Å²) in [7, 11) is -2.84. The first-order valence-corrected chi connectivity index (χ1v) is 8.74. The van der Waals surface area contributed by atoms with Crippen molar-refractivity contribution in [3.63, 3.8) is 0 Å². The lowest BCUT2D eigenvalue weighted by atomic mass is 10.1. The van der Waals surface area contributed by atoms with E-state index in [0.717, 1.165) is 6.07 Å². The Morgan fingerprint density at radius 2 is 2.00 bits per heavy atom. The smallest absolute Gasteiger partial charge is 0.356 e. The molecule has 0 spiro atoms. The largest absolute Gasteiger partial charge is 0.393 e. The molecule has 1 aromatic rings. The third kappa shape index (κ3) is 3.68. The van der Waals surface area contributed by atoms with Crippen LogP contribution in [0.3, 0.4) is 0 Å². The fourth-order valence-corrected chi connectivity index (χ4v) is 3.72. The lowest BCUT2D eigenvalue weighted by Crippen LogP contribution is -2.31. The number of nitrogens with one attached hydrogen (secondary N) is 2. The molecule has 10 heteroatoms. The molecule has 6 N–H and O–H groups in total. The molecule has 2 rings (SSSR count). The Hall–Kier alpha value is -2.75. The average Bonchev–Trinajstić information content (AvgIpc) is 2.84. The van der Waals surface area contributed by atoms with Crippen molar-refractivity contribution in [2.45, 2.75) is 13.8 Å². The molecule has 25 heavy (non-hydrogen) atoms. The van der Waals surface area contributed by atoms with E-state index >= 15 is 0 Å². The van der Waals surface area contributed by atoms with Crippen molar-refractivity contribution in [3.8, 4) is 5.75 Å². The van der Waals surface area contributed by atoms with E-state index in [-0.39, 0.29) is 28.2 Å². The maximum absolute atomic E-state index is 13.3. The highest BCUT2D eigenvalue weighted by atomic mass is 32.2. The van der Waals surface area contributed by atoms with Gasteiger partial charge in [-0.3, -0.25) is 5.41 Å². The number of hydrogen-bond acceptors (Lipinski definition) is 7. The van der Waals surface area contributed by atoms with Crippen LogP contribution in [0.25, 0.3) is 0 Å². The number of halogens is 1. The fraction of sp³-hybridized carbons (Fsp3) is 0.267. The van der Waals surface area contributed by atoms with Gasteiger partial charge in [0.05, 0.1) is 5.70 Å². The van der Waals surface area contributed by atoms with Gasteiger partial charge in [-0.15, -0.1) is 0 Å². The number of rotatable bonds is 5. The van der Waals surface area contributed by atoms with Gasteiger partial charge in [-0.05, 0) is 18.1 Å². The van der Waals surface area contributed by atoms with Crippen molar-refractivity contribution in [2.75, 3.05) is 7.05 Å². The number of benzene rings is 1. The first-order valence-electron chi connectivity index (χ1n) is 7.33. The van der Waals surface area contributed by atoms with Gasteiger partial charge in [0.1, 0.15) is 28.9 Å². The zero-order valence-electron chi connectivity index (χ0n) is 14.0.